The zero-order valence-corrected chi connectivity index (χ0v) is 8.67. The van der Waals surface area contributed by atoms with Gasteiger partial charge in [0.05, 0.1) is 6.26 Å². The number of rotatable bonds is 3. The van der Waals surface area contributed by atoms with Crippen LogP contribution >= 0.6 is 11.3 Å². The molecule has 3 N–H and O–H groups in total. The zero-order valence-electron chi connectivity index (χ0n) is 7.86. The highest BCUT2D eigenvalue weighted by atomic mass is 32.1. The van der Waals surface area contributed by atoms with Crippen molar-refractivity contribution in [3.05, 3.63) is 46.0 Å². The fraction of sp³-hybridized carbons (Fsp3) is 0.200. The molecule has 0 fully saturated rings. The molecule has 1 unspecified atom stereocenters. The fourth-order valence-corrected chi connectivity index (χ4v) is 2.14. The third kappa shape index (κ3) is 1.72. The largest absolute Gasteiger partial charge is 0.467 e. The predicted octanol–water partition coefficient (Wildman–Crippen LogP) is 2.20. The summed E-state index contributed by atoms with van der Waals surface area (Å²) >= 11 is 1.71. The van der Waals surface area contributed by atoms with E-state index in [1.807, 2.05) is 12.1 Å². The second-order valence-electron chi connectivity index (χ2n) is 3.11. The van der Waals surface area contributed by atoms with Gasteiger partial charge in [-0.3, -0.25) is 5.84 Å². The van der Waals surface area contributed by atoms with Gasteiger partial charge in [0.2, 0.25) is 0 Å². The van der Waals surface area contributed by atoms with Gasteiger partial charge in [-0.25, -0.2) is 5.43 Å². The van der Waals surface area contributed by atoms with Crippen LogP contribution in [0.15, 0.2) is 34.3 Å². The van der Waals surface area contributed by atoms with Gasteiger partial charge in [-0.15, -0.1) is 11.3 Å². The van der Waals surface area contributed by atoms with Crippen molar-refractivity contribution >= 4 is 11.3 Å². The van der Waals surface area contributed by atoms with Gasteiger partial charge in [-0.1, -0.05) is 0 Å². The highest BCUT2D eigenvalue weighted by molar-refractivity contribution is 7.10. The van der Waals surface area contributed by atoms with E-state index in [4.69, 9.17) is 10.3 Å². The summed E-state index contributed by atoms with van der Waals surface area (Å²) < 4.78 is 5.31. The SMILES string of the molecule is Cc1cc(C(NN)c2ccco2)cs1. The summed E-state index contributed by atoms with van der Waals surface area (Å²) in [5.41, 5.74) is 3.89. The molecule has 0 aliphatic heterocycles. The van der Waals surface area contributed by atoms with Gasteiger partial charge in [0.15, 0.2) is 0 Å². The lowest BCUT2D eigenvalue weighted by Crippen LogP contribution is -2.28. The summed E-state index contributed by atoms with van der Waals surface area (Å²) in [6, 6.07) is 5.84. The molecule has 0 aromatic carbocycles. The molecule has 0 aliphatic carbocycles. The maximum atomic E-state index is 5.50. The van der Waals surface area contributed by atoms with E-state index in [0.29, 0.717) is 0 Å². The lowest BCUT2D eigenvalue weighted by atomic mass is 10.1. The molecule has 2 aromatic rings. The van der Waals surface area contributed by atoms with Crippen molar-refractivity contribution in [3.63, 3.8) is 0 Å². The van der Waals surface area contributed by atoms with E-state index in [1.54, 1.807) is 17.6 Å². The summed E-state index contributed by atoms with van der Waals surface area (Å²) in [7, 11) is 0. The third-order valence-electron chi connectivity index (χ3n) is 2.08. The average Bonchev–Trinajstić information content (AvgIpc) is 2.79. The molecule has 2 heterocycles. The van der Waals surface area contributed by atoms with Gasteiger partial charge in [-0.05, 0) is 36.1 Å². The second-order valence-corrected chi connectivity index (χ2v) is 4.22. The quantitative estimate of drug-likeness (QED) is 0.600. The minimum atomic E-state index is -0.0463. The molecule has 0 radical (unpaired) electrons. The van der Waals surface area contributed by atoms with Crippen LogP contribution in [0.2, 0.25) is 0 Å². The molecule has 4 heteroatoms. The molecule has 14 heavy (non-hydrogen) atoms. The van der Waals surface area contributed by atoms with Crippen LogP contribution < -0.4 is 11.3 Å². The lowest BCUT2D eigenvalue weighted by Gasteiger charge is -2.10. The van der Waals surface area contributed by atoms with Crippen LogP contribution in [0.1, 0.15) is 22.2 Å². The molecule has 0 saturated heterocycles. The standard InChI is InChI=1S/C10H12N2OS/c1-7-5-8(6-14-7)10(12-11)9-3-2-4-13-9/h2-6,10,12H,11H2,1H3. The smallest absolute Gasteiger partial charge is 0.126 e. The number of aryl methyl sites for hydroxylation is 1. The number of thiophene rings is 1. The van der Waals surface area contributed by atoms with Gasteiger partial charge >= 0.3 is 0 Å². The Labute approximate surface area is 86.5 Å². The van der Waals surface area contributed by atoms with E-state index < -0.39 is 0 Å². The maximum absolute atomic E-state index is 5.50. The molecule has 0 amide bonds. The molecule has 0 spiro atoms. The lowest BCUT2D eigenvalue weighted by molar-refractivity contribution is 0.452. The Hall–Kier alpha value is -1.10. The van der Waals surface area contributed by atoms with Crippen molar-refractivity contribution in [1.29, 1.82) is 0 Å². The molecular weight excluding hydrogens is 196 g/mol. The molecular formula is C10H12N2OS. The first-order valence-electron chi connectivity index (χ1n) is 4.36. The topological polar surface area (TPSA) is 51.2 Å². The van der Waals surface area contributed by atoms with Gasteiger partial charge in [0, 0.05) is 4.88 Å². The van der Waals surface area contributed by atoms with E-state index in [-0.39, 0.29) is 6.04 Å². The van der Waals surface area contributed by atoms with Gasteiger partial charge in [-0.2, -0.15) is 0 Å². The van der Waals surface area contributed by atoms with Crippen LogP contribution in [0, 0.1) is 6.92 Å². The first-order chi connectivity index (χ1) is 6.81. The van der Waals surface area contributed by atoms with Crippen molar-refractivity contribution in [1.82, 2.24) is 5.43 Å². The Bertz CT molecular complexity index is 394. The van der Waals surface area contributed by atoms with Crippen LogP contribution in [0.3, 0.4) is 0 Å². The van der Waals surface area contributed by atoms with E-state index in [1.165, 1.54) is 4.88 Å². The summed E-state index contributed by atoms with van der Waals surface area (Å²) in [5.74, 6) is 6.34. The Morgan fingerprint density at radius 2 is 2.43 bits per heavy atom. The van der Waals surface area contributed by atoms with Crippen LogP contribution in [0.25, 0.3) is 0 Å². The predicted molar refractivity (Wildman–Crippen MR) is 56.9 cm³/mol. The monoisotopic (exact) mass is 208 g/mol. The summed E-state index contributed by atoms with van der Waals surface area (Å²) in [4.78, 5) is 1.27. The second kappa shape index (κ2) is 3.96. The molecule has 0 saturated carbocycles. The number of hydrogen-bond donors (Lipinski definition) is 2. The number of nitrogens with one attached hydrogen (secondary N) is 1. The van der Waals surface area contributed by atoms with Crippen molar-refractivity contribution in [2.45, 2.75) is 13.0 Å². The number of hydrazine groups is 1. The van der Waals surface area contributed by atoms with Crippen LogP contribution in [-0.4, -0.2) is 0 Å². The number of nitrogens with two attached hydrogens (primary N) is 1. The first-order valence-corrected chi connectivity index (χ1v) is 5.24. The summed E-state index contributed by atoms with van der Waals surface area (Å²) in [6.45, 7) is 2.07. The fourth-order valence-electron chi connectivity index (χ4n) is 1.41. The van der Waals surface area contributed by atoms with Crippen LogP contribution in [0.5, 0.6) is 0 Å². The third-order valence-corrected chi connectivity index (χ3v) is 2.96. The average molecular weight is 208 g/mol. The Morgan fingerprint density at radius 1 is 1.57 bits per heavy atom. The minimum Gasteiger partial charge on any atom is -0.467 e. The Morgan fingerprint density at radius 3 is 2.93 bits per heavy atom. The van der Waals surface area contributed by atoms with E-state index in [2.05, 4.69) is 23.8 Å². The Balaban J connectivity index is 2.31. The first kappa shape index (κ1) is 9.45. The number of furan rings is 1. The van der Waals surface area contributed by atoms with Gasteiger partial charge in [0.25, 0.3) is 0 Å². The van der Waals surface area contributed by atoms with Crippen LogP contribution in [-0.2, 0) is 0 Å². The Kier molecular flexibility index (Phi) is 2.67. The van der Waals surface area contributed by atoms with Crippen molar-refractivity contribution in [2.75, 3.05) is 0 Å². The molecule has 0 bridgehead atoms. The van der Waals surface area contributed by atoms with Crippen molar-refractivity contribution < 1.29 is 4.42 Å². The normalized spacial score (nSPS) is 13.0. The summed E-state index contributed by atoms with van der Waals surface area (Å²) in [6.07, 6.45) is 1.65. The molecule has 0 aliphatic rings. The minimum absolute atomic E-state index is 0.0463. The molecule has 3 nitrogen and oxygen atoms in total. The highest BCUT2D eigenvalue weighted by Crippen LogP contribution is 2.25. The van der Waals surface area contributed by atoms with E-state index in [9.17, 15) is 0 Å². The van der Waals surface area contributed by atoms with Gasteiger partial charge in [0.1, 0.15) is 11.8 Å². The molecule has 2 rings (SSSR count). The van der Waals surface area contributed by atoms with E-state index >= 15 is 0 Å². The maximum Gasteiger partial charge on any atom is 0.126 e. The molecule has 1 atom stereocenters. The zero-order chi connectivity index (χ0) is 9.97. The van der Waals surface area contributed by atoms with Crippen LogP contribution in [0.4, 0.5) is 0 Å². The summed E-state index contributed by atoms with van der Waals surface area (Å²) in [5, 5.41) is 2.09. The van der Waals surface area contributed by atoms with E-state index in [0.717, 1.165) is 11.3 Å². The van der Waals surface area contributed by atoms with Crippen molar-refractivity contribution in [2.24, 2.45) is 5.84 Å². The molecule has 2 aromatic heterocycles. The van der Waals surface area contributed by atoms with Gasteiger partial charge < -0.3 is 4.42 Å². The molecule has 74 valence electrons. The number of hydrogen-bond acceptors (Lipinski definition) is 4. The highest BCUT2D eigenvalue weighted by Gasteiger charge is 2.15. The van der Waals surface area contributed by atoms with Crippen molar-refractivity contribution in [3.8, 4) is 0 Å².